The number of imide groups is 1. The van der Waals surface area contributed by atoms with Gasteiger partial charge >= 0.3 is 6.03 Å². The Morgan fingerprint density at radius 3 is 2.43 bits per heavy atom. The Kier molecular flexibility index (Phi) is 4.96. The molecule has 5 nitrogen and oxygen atoms in total. The number of carbonyl (C=O) groups excluding carboxylic acids is 2. The summed E-state index contributed by atoms with van der Waals surface area (Å²) >= 11 is 0. The number of hydrogen-bond acceptors (Lipinski definition) is 3. The number of nitrogens with zero attached hydrogens (tertiary/aromatic N) is 3. The Morgan fingerprint density at radius 2 is 1.86 bits per heavy atom. The third-order valence-electron chi connectivity index (χ3n) is 3.79. The van der Waals surface area contributed by atoms with E-state index in [9.17, 15) is 9.59 Å². The van der Waals surface area contributed by atoms with E-state index in [-0.39, 0.29) is 24.5 Å². The summed E-state index contributed by atoms with van der Waals surface area (Å²) < 4.78 is 0. The van der Waals surface area contributed by atoms with E-state index in [1.807, 2.05) is 56.3 Å². The van der Waals surface area contributed by atoms with Gasteiger partial charge in [0.2, 0.25) is 5.91 Å². The highest BCUT2D eigenvalue weighted by Gasteiger charge is 2.37. The fourth-order valence-corrected chi connectivity index (χ4v) is 2.63. The number of urea groups is 1. The Balaban J connectivity index is 2.14. The molecule has 1 aliphatic heterocycles. The number of amides is 3. The zero-order chi connectivity index (χ0) is 15.4. The van der Waals surface area contributed by atoms with Crippen LogP contribution in [0.5, 0.6) is 0 Å². The summed E-state index contributed by atoms with van der Waals surface area (Å²) in [6, 6.07) is 9.82. The van der Waals surface area contributed by atoms with Gasteiger partial charge in [0.25, 0.3) is 0 Å². The minimum atomic E-state index is -0.162. The zero-order valence-electron chi connectivity index (χ0n) is 13.0. The molecule has 114 valence electrons. The predicted octanol–water partition coefficient (Wildman–Crippen LogP) is 1.96. The third-order valence-corrected chi connectivity index (χ3v) is 3.79. The van der Waals surface area contributed by atoms with Crippen LogP contribution in [0.4, 0.5) is 4.79 Å². The molecule has 1 saturated heterocycles. The average Bonchev–Trinajstić information content (AvgIpc) is 2.72. The molecule has 0 unspecified atom stereocenters. The molecule has 0 spiro atoms. The average molecular weight is 289 g/mol. The van der Waals surface area contributed by atoms with Gasteiger partial charge in [-0.15, -0.1) is 0 Å². The molecule has 0 N–H and O–H groups in total. The van der Waals surface area contributed by atoms with Gasteiger partial charge in [0, 0.05) is 6.54 Å². The quantitative estimate of drug-likeness (QED) is 0.752. The van der Waals surface area contributed by atoms with Crippen molar-refractivity contribution in [2.45, 2.75) is 19.4 Å². The molecule has 0 saturated carbocycles. The van der Waals surface area contributed by atoms with Crippen LogP contribution in [0, 0.1) is 0 Å². The van der Waals surface area contributed by atoms with Crippen LogP contribution < -0.4 is 0 Å². The van der Waals surface area contributed by atoms with Gasteiger partial charge in [0.15, 0.2) is 0 Å². The van der Waals surface area contributed by atoms with E-state index in [1.54, 1.807) is 4.90 Å². The molecule has 1 aromatic carbocycles. The molecule has 1 aliphatic rings. The van der Waals surface area contributed by atoms with Crippen LogP contribution in [-0.2, 0) is 4.79 Å². The van der Waals surface area contributed by atoms with Crippen molar-refractivity contribution in [3.8, 4) is 0 Å². The first kappa shape index (κ1) is 15.5. The summed E-state index contributed by atoms with van der Waals surface area (Å²) in [4.78, 5) is 29.5. The minimum Gasteiger partial charge on any atom is -0.315 e. The standard InChI is InChI=1S/C16H23N3O2/c1-4-10-18-12-15(20)19(16(18)21)11-14(17(2)3)13-8-6-5-7-9-13/h5-9,14H,4,10-12H2,1-3H3/t14-/m1/s1. The maximum absolute atomic E-state index is 12.3. The molecular formula is C16H23N3O2. The lowest BCUT2D eigenvalue weighted by molar-refractivity contribution is -0.125. The van der Waals surface area contributed by atoms with E-state index >= 15 is 0 Å². The molecular weight excluding hydrogens is 266 g/mol. The third kappa shape index (κ3) is 3.42. The number of carbonyl (C=O) groups is 2. The van der Waals surface area contributed by atoms with Crippen LogP contribution in [0.15, 0.2) is 30.3 Å². The monoisotopic (exact) mass is 289 g/mol. The minimum absolute atomic E-state index is 0.0145. The first-order valence-corrected chi connectivity index (χ1v) is 7.35. The lowest BCUT2D eigenvalue weighted by atomic mass is 10.1. The van der Waals surface area contributed by atoms with Gasteiger partial charge in [-0.2, -0.15) is 0 Å². The van der Waals surface area contributed by atoms with Gasteiger partial charge < -0.3 is 9.80 Å². The maximum atomic E-state index is 12.3. The molecule has 3 amide bonds. The zero-order valence-corrected chi connectivity index (χ0v) is 13.0. The Labute approximate surface area is 126 Å². The van der Waals surface area contributed by atoms with Crippen molar-refractivity contribution in [1.29, 1.82) is 0 Å². The Hall–Kier alpha value is -1.88. The first-order chi connectivity index (χ1) is 10.0. The molecule has 2 rings (SSSR count). The summed E-state index contributed by atoms with van der Waals surface area (Å²) in [5.74, 6) is -0.101. The second kappa shape index (κ2) is 6.72. The van der Waals surface area contributed by atoms with E-state index in [2.05, 4.69) is 0 Å². The largest absolute Gasteiger partial charge is 0.327 e. The molecule has 0 bridgehead atoms. The summed E-state index contributed by atoms with van der Waals surface area (Å²) in [5, 5.41) is 0. The number of likely N-dealkylation sites (N-methyl/N-ethyl adjacent to an activating group) is 1. The second-order valence-corrected chi connectivity index (χ2v) is 5.60. The smallest absolute Gasteiger partial charge is 0.315 e. The van der Waals surface area contributed by atoms with E-state index in [4.69, 9.17) is 0 Å². The van der Waals surface area contributed by atoms with Crippen LogP contribution in [-0.4, -0.2) is 60.4 Å². The predicted molar refractivity (Wildman–Crippen MR) is 81.8 cm³/mol. The van der Waals surface area contributed by atoms with Crippen LogP contribution in [0.2, 0.25) is 0 Å². The highest BCUT2D eigenvalue weighted by molar-refractivity contribution is 6.02. The molecule has 0 aromatic heterocycles. The number of rotatable bonds is 6. The van der Waals surface area contributed by atoms with Crippen molar-refractivity contribution in [3.63, 3.8) is 0 Å². The molecule has 1 heterocycles. The number of hydrogen-bond donors (Lipinski definition) is 0. The van der Waals surface area contributed by atoms with Crippen LogP contribution in [0.1, 0.15) is 24.9 Å². The molecule has 0 radical (unpaired) electrons. The van der Waals surface area contributed by atoms with Gasteiger partial charge in [-0.3, -0.25) is 9.69 Å². The second-order valence-electron chi connectivity index (χ2n) is 5.60. The molecule has 1 aromatic rings. The fourth-order valence-electron chi connectivity index (χ4n) is 2.63. The van der Waals surface area contributed by atoms with Gasteiger partial charge in [-0.05, 0) is 26.1 Å². The highest BCUT2D eigenvalue weighted by atomic mass is 16.2. The Morgan fingerprint density at radius 1 is 1.19 bits per heavy atom. The van der Waals surface area contributed by atoms with Crippen molar-refractivity contribution < 1.29 is 9.59 Å². The van der Waals surface area contributed by atoms with Crippen LogP contribution in [0.25, 0.3) is 0 Å². The first-order valence-electron chi connectivity index (χ1n) is 7.35. The summed E-state index contributed by atoms with van der Waals surface area (Å²) in [7, 11) is 3.93. The summed E-state index contributed by atoms with van der Waals surface area (Å²) in [6.45, 7) is 3.25. The van der Waals surface area contributed by atoms with E-state index < -0.39 is 0 Å². The van der Waals surface area contributed by atoms with Crippen LogP contribution in [0.3, 0.4) is 0 Å². The topological polar surface area (TPSA) is 43.9 Å². The van der Waals surface area contributed by atoms with Crippen LogP contribution >= 0.6 is 0 Å². The van der Waals surface area contributed by atoms with E-state index in [1.165, 1.54) is 4.90 Å². The van der Waals surface area contributed by atoms with Crippen molar-refractivity contribution in [1.82, 2.24) is 14.7 Å². The van der Waals surface area contributed by atoms with Gasteiger partial charge in [0.05, 0.1) is 12.6 Å². The lowest BCUT2D eigenvalue weighted by Gasteiger charge is -2.28. The molecule has 0 aliphatic carbocycles. The molecule has 5 heteroatoms. The Bertz CT molecular complexity index is 502. The van der Waals surface area contributed by atoms with Gasteiger partial charge in [-0.1, -0.05) is 37.3 Å². The fraction of sp³-hybridized carbons (Fsp3) is 0.500. The highest BCUT2D eigenvalue weighted by Crippen LogP contribution is 2.22. The molecule has 1 fully saturated rings. The number of benzene rings is 1. The van der Waals surface area contributed by atoms with E-state index in [0.29, 0.717) is 13.1 Å². The van der Waals surface area contributed by atoms with Gasteiger partial charge in [0.1, 0.15) is 6.54 Å². The van der Waals surface area contributed by atoms with Crippen molar-refractivity contribution in [2.75, 3.05) is 33.7 Å². The van der Waals surface area contributed by atoms with Gasteiger partial charge in [-0.25, -0.2) is 4.79 Å². The summed E-state index contributed by atoms with van der Waals surface area (Å²) in [5.41, 5.74) is 1.11. The normalized spacial score (nSPS) is 17.0. The maximum Gasteiger partial charge on any atom is 0.327 e. The SMILES string of the molecule is CCCN1CC(=O)N(C[C@H](c2ccccc2)N(C)C)C1=O. The lowest BCUT2D eigenvalue weighted by Crippen LogP contribution is -2.39. The van der Waals surface area contributed by atoms with Crippen molar-refractivity contribution >= 4 is 11.9 Å². The summed E-state index contributed by atoms with van der Waals surface area (Å²) in [6.07, 6.45) is 0.864. The molecule has 1 atom stereocenters. The van der Waals surface area contributed by atoms with Crippen molar-refractivity contribution in [3.05, 3.63) is 35.9 Å². The van der Waals surface area contributed by atoms with Crippen molar-refractivity contribution in [2.24, 2.45) is 0 Å². The molecule has 21 heavy (non-hydrogen) atoms. The van der Waals surface area contributed by atoms with E-state index in [0.717, 1.165) is 12.0 Å².